The highest BCUT2D eigenvalue weighted by molar-refractivity contribution is 5.93. The van der Waals surface area contributed by atoms with Crippen LogP contribution in [0.1, 0.15) is 19.8 Å². The van der Waals surface area contributed by atoms with E-state index in [0.717, 1.165) is 29.8 Å². The lowest BCUT2D eigenvalue weighted by Gasteiger charge is -2.17. The lowest BCUT2D eigenvalue weighted by atomic mass is 10.2. The van der Waals surface area contributed by atoms with Gasteiger partial charge in [-0.2, -0.15) is 0 Å². The van der Waals surface area contributed by atoms with Crippen molar-refractivity contribution in [3.63, 3.8) is 0 Å². The Kier molecular flexibility index (Phi) is 5.79. The molecule has 1 aliphatic rings. The Labute approximate surface area is 175 Å². The van der Waals surface area contributed by atoms with Gasteiger partial charge >= 0.3 is 0 Å². The first-order valence-corrected chi connectivity index (χ1v) is 10.0. The number of fused-ring (bicyclic) bond motifs is 1. The highest BCUT2D eigenvalue weighted by atomic mass is 16.5. The number of nitrogens with one attached hydrogen (secondary N) is 2. The molecule has 0 unspecified atom stereocenters. The van der Waals surface area contributed by atoms with E-state index in [1.54, 1.807) is 24.3 Å². The summed E-state index contributed by atoms with van der Waals surface area (Å²) in [5.74, 6) is 1.12. The molecule has 1 fully saturated rings. The first kappa shape index (κ1) is 19.7. The van der Waals surface area contributed by atoms with E-state index in [1.807, 2.05) is 30.3 Å². The molecule has 30 heavy (non-hydrogen) atoms. The molecule has 2 amide bonds. The Hall–Kier alpha value is -3.61. The molecule has 1 saturated heterocycles. The second-order valence-corrected chi connectivity index (χ2v) is 7.29. The van der Waals surface area contributed by atoms with Crippen LogP contribution in [-0.2, 0) is 9.59 Å². The Bertz CT molecular complexity index is 1060. The highest BCUT2D eigenvalue weighted by Crippen LogP contribution is 2.28. The SMILES string of the molecule is CC(=O)Nc1ccc(NC(=O)COc2cccc3ccc(N4CCCC4)nc23)cc1. The third kappa shape index (κ3) is 4.68. The van der Waals surface area contributed by atoms with E-state index in [0.29, 0.717) is 17.1 Å². The second kappa shape index (κ2) is 8.82. The van der Waals surface area contributed by atoms with Crippen LogP contribution >= 0.6 is 0 Å². The van der Waals surface area contributed by atoms with Crippen LogP contribution in [0, 0.1) is 0 Å². The molecule has 0 saturated carbocycles. The van der Waals surface area contributed by atoms with Crippen molar-refractivity contribution in [3.05, 3.63) is 54.6 Å². The molecule has 2 aromatic carbocycles. The summed E-state index contributed by atoms with van der Waals surface area (Å²) in [5, 5.41) is 6.45. The van der Waals surface area contributed by atoms with E-state index in [-0.39, 0.29) is 18.4 Å². The van der Waals surface area contributed by atoms with Crippen molar-refractivity contribution in [2.75, 3.05) is 35.2 Å². The van der Waals surface area contributed by atoms with Gasteiger partial charge in [0.25, 0.3) is 5.91 Å². The van der Waals surface area contributed by atoms with Gasteiger partial charge in [0, 0.05) is 36.8 Å². The molecule has 7 heteroatoms. The standard InChI is InChI=1S/C23H24N4O3/c1-16(28)24-18-8-10-19(11-9-18)25-22(29)15-30-20-6-4-5-17-7-12-21(26-23(17)20)27-13-2-3-14-27/h4-12H,2-3,13-15H2,1H3,(H,24,28)(H,25,29). The summed E-state index contributed by atoms with van der Waals surface area (Å²) in [7, 11) is 0. The Balaban J connectivity index is 1.41. The second-order valence-electron chi connectivity index (χ2n) is 7.29. The molecular weight excluding hydrogens is 380 g/mol. The van der Waals surface area contributed by atoms with Gasteiger partial charge in [-0.05, 0) is 55.3 Å². The van der Waals surface area contributed by atoms with E-state index < -0.39 is 0 Å². The van der Waals surface area contributed by atoms with Gasteiger partial charge in [-0.1, -0.05) is 12.1 Å². The number of ether oxygens (including phenoxy) is 1. The van der Waals surface area contributed by atoms with Crippen molar-refractivity contribution >= 4 is 39.9 Å². The largest absolute Gasteiger partial charge is 0.481 e. The molecule has 1 aliphatic heterocycles. The normalized spacial score (nSPS) is 13.3. The average Bonchev–Trinajstić information content (AvgIpc) is 3.28. The maximum Gasteiger partial charge on any atom is 0.262 e. The van der Waals surface area contributed by atoms with Crippen LogP contribution in [0.3, 0.4) is 0 Å². The zero-order chi connectivity index (χ0) is 20.9. The van der Waals surface area contributed by atoms with Crippen molar-refractivity contribution in [1.82, 2.24) is 4.98 Å². The van der Waals surface area contributed by atoms with Crippen LogP contribution in [0.5, 0.6) is 5.75 Å². The summed E-state index contributed by atoms with van der Waals surface area (Å²) in [6.45, 7) is 3.36. The topological polar surface area (TPSA) is 83.6 Å². The number of benzene rings is 2. The summed E-state index contributed by atoms with van der Waals surface area (Å²) in [4.78, 5) is 30.5. The van der Waals surface area contributed by atoms with Crippen molar-refractivity contribution in [3.8, 4) is 5.75 Å². The molecule has 154 valence electrons. The summed E-state index contributed by atoms with van der Waals surface area (Å²) in [6, 6.07) is 16.7. The molecule has 0 aliphatic carbocycles. The molecule has 1 aromatic heterocycles. The molecule has 2 N–H and O–H groups in total. The molecule has 0 bridgehead atoms. The minimum absolute atomic E-state index is 0.123. The molecular formula is C23H24N4O3. The van der Waals surface area contributed by atoms with Crippen molar-refractivity contribution < 1.29 is 14.3 Å². The zero-order valence-electron chi connectivity index (χ0n) is 16.9. The summed E-state index contributed by atoms with van der Waals surface area (Å²) in [5.41, 5.74) is 2.06. The van der Waals surface area contributed by atoms with E-state index in [4.69, 9.17) is 9.72 Å². The number of carbonyl (C=O) groups excluding carboxylic acids is 2. The van der Waals surface area contributed by atoms with Crippen LogP contribution < -0.4 is 20.3 Å². The number of hydrogen-bond donors (Lipinski definition) is 2. The molecule has 3 aromatic rings. The molecule has 0 radical (unpaired) electrons. The molecule has 0 spiro atoms. The fraction of sp³-hybridized carbons (Fsp3) is 0.261. The highest BCUT2D eigenvalue weighted by Gasteiger charge is 2.15. The lowest BCUT2D eigenvalue weighted by Crippen LogP contribution is -2.20. The van der Waals surface area contributed by atoms with Gasteiger partial charge in [0.15, 0.2) is 6.61 Å². The van der Waals surface area contributed by atoms with Gasteiger partial charge in [-0.3, -0.25) is 9.59 Å². The maximum absolute atomic E-state index is 12.3. The average molecular weight is 404 g/mol. The Morgan fingerprint density at radius 3 is 2.37 bits per heavy atom. The number of rotatable bonds is 6. The van der Waals surface area contributed by atoms with Crippen LogP contribution in [0.15, 0.2) is 54.6 Å². The summed E-state index contributed by atoms with van der Waals surface area (Å²) in [6.07, 6.45) is 2.37. The monoisotopic (exact) mass is 404 g/mol. The van der Waals surface area contributed by atoms with Crippen molar-refractivity contribution in [2.24, 2.45) is 0 Å². The number of para-hydroxylation sites is 1. The number of hydrogen-bond acceptors (Lipinski definition) is 5. The van der Waals surface area contributed by atoms with Crippen LogP contribution in [0.2, 0.25) is 0 Å². The van der Waals surface area contributed by atoms with Gasteiger partial charge < -0.3 is 20.3 Å². The van der Waals surface area contributed by atoms with E-state index in [1.165, 1.54) is 19.8 Å². The minimum atomic E-state index is -0.269. The first-order valence-electron chi connectivity index (χ1n) is 10.0. The fourth-order valence-corrected chi connectivity index (χ4v) is 3.53. The quantitative estimate of drug-likeness (QED) is 0.653. The third-order valence-electron chi connectivity index (χ3n) is 4.95. The molecule has 4 rings (SSSR count). The first-order chi connectivity index (χ1) is 14.6. The summed E-state index contributed by atoms with van der Waals surface area (Å²) >= 11 is 0. The van der Waals surface area contributed by atoms with Crippen molar-refractivity contribution in [1.29, 1.82) is 0 Å². The molecule has 7 nitrogen and oxygen atoms in total. The van der Waals surface area contributed by atoms with E-state index in [9.17, 15) is 9.59 Å². The number of pyridine rings is 1. The number of aromatic nitrogens is 1. The Morgan fingerprint density at radius 2 is 1.67 bits per heavy atom. The van der Waals surface area contributed by atoms with Gasteiger partial charge in [0.2, 0.25) is 5.91 Å². The minimum Gasteiger partial charge on any atom is -0.481 e. The van der Waals surface area contributed by atoms with Gasteiger partial charge in [-0.15, -0.1) is 0 Å². The zero-order valence-corrected chi connectivity index (χ0v) is 16.9. The smallest absolute Gasteiger partial charge is 0.262 e. The van der Waals surface area contributed by atoms with Gasteiger partial charge in [0.1, 0.15) is 17.1 Å². The van der Waals surface area contributed by atoms with E-state index in [2.05, 4.69) is 15.5 Å². The molecule has 0 atom stereocenters. The maximum atomic E-state index is 12.3. The Morgan fingerprint density at radius 1 is 0.967 bits per heavy atom. The predicted molar refractivity (Wildman–Crippen MR) is 118 cm³/mol. The van der Waals surface area contributed by atoms with Gasteiger partial charge in [-0.25, -0.2) is 4.98 Å². The third-order valence-corrected chi connectivity index (χ3v) is 4.95. The fourth-order valence-electron chi connectivity index (χ4n) is 3.53. The lowest BCUT2D eigenvalue weighted by molar-refractivity contribution is -0.118. The van der Waals surface area contributed by atoms with Crippen LogP contribution in [-0.4, -0.2) is 36.5 Å². The van der Waals surface area contributed by atoms with Crippen LogP contribution in [0.25, 0.3) is 10.9 Å². The van der Waals surface area contributed by atoms with Gasteiger partial charge in [0.05, 0.1) is 0 Å². The predicted octanol–water partition coefficient (Wildman–Crippen LogP) is 3.81. The molecule has 2 heterocycles. The number of carbonyl (C=O) groups is 2. The van der Waals surface area contributed by atoms with E-state index >= 15 is 0 Å². The number of amides is 2. The summed E-state index contributed by atoms with van der Waals surface area (Å²) < 4.78 is 5.80. The number of nitrogens with zero attached hydrogens (tertiary/aromatic N) is 2. The van der Waals surface area contributed by atoms with Crippen LogP contribution in [0.4, 0.5) is 17.2 Å². The van der Waals surface area contributed by atoms with Crippen molar-refractivity contribution in [2.45, 2.75) is 19.8 Å². The number of anilines is 3.